The number of unbranched alkanes of at least 4 members (excludes halogenated alkanes) is 1. The second-order valence-corrected chi connectivity index (χ2v) is 9.18. The number of hydrogen-bond acceptors (Lipinski definition) is 5. The Balaban J connectivity index is 1.64. The number of imidazole rings is 1. The molecule has 3 aromatic rings. The van der Waals surface area contributed by atoms with Gasteiger partial charge in [-0.05, 0) is 56.2 Å². The highest BCUT2D eigenvalue weighted by Crippen LogP contribution is 2.18. The molecule has 3 N–H and O–H groups in total. The van der Waals surface area contributed by atoms with Crippen LogP contribution >= 0.6 is 0 Å². The predicted octanol–water partition coefficient (Wildman–Crippen LogP) is 2.92. The zero-order chi connectivity index (χ0) is 23.3. The molecule has 0 unspecified atom stereocenters. The van der Waals surface area contributed by atoms with Gasteiger partial charge < -0.3 is 15.0 Å². The third-order valence-electron chi connectivity index (χ3n) is 4.96. The van der Waals surface area contributed by atoms with Gasteiger partial charge in [-0.3, -0.25) is 4.79 Å². The van der Waals surface area contributed by atoms with Crippen molar-refractivity contribution in [2.75, 3.05) is 11.9 Å². The molecule has 32 heavy (non-hydrogen) atoms. The second kappa shape index (κ2) is 9.82. The van der Waals surface area contributed by atoms with Crippen molar-refractivity contribution >= 4 is 33.3 Å². The number of carbonyl (C=O) groups excluding carboxylic acids is 2. The van der Waals surface area contributed by atoms with E-state index in [0.29, 0.717) is 12.2 Å². The highest BCUT2D eigenvalue weighted by atomic mass is 32.2. The normalized spacial score (nSPS) is 11.3. The predicted molar refractivity (Wildman–Crippen MR) is 122 cm³/mol. The number of amides is 3. The third kappa shape index (κ3) is 5.44. The molecule has 170 valence electrons. The topological polar surface area (TPSA) is 122 Å². The number of benzene rings is 1. The van der Waals surface area contributed by atoms with Crippen LogP contribution in [-0.4, -0.2) is 36.3 Å². The minimum Gasteiger partial charge on any atom is -0.337 e. The summed E-state index contributed by atoms with van der Waals surface area (Å²) in [6.07, 6.45) is 3.64. The van der Waals surface area contributed by atoms with Gasteiger partial charge in [0.25, 0.3) is 10.0 Å². The van der Waals surface area contributed by atoms with Crippen LogP contribution < -0.4 is 15.4 Å². The minimum absolute atomic E-state index is 0.0748. The van der Waals surface area contributed by atoms with Gasteiger partial charge in [-0.1, -0.05) is 19.4 Å². The van der Waals surface area contributed by atoms with E-state index in [4.69, 9.17) is 0 Å². The zero-order valence-electron chi connectivity index (χ0n) is 18.3. The lowest BCUT2D eigenvalue weighted by molar-refractivity contribution is -0.115. The van der Waals surface area contributed by atoms with Crippen molar-refractivity contribution in [1.82, 2.24) is 19.4 Å². The van der Waals surface area contributed by atoms with Gasteiger partial charge in [-0.25, -0.2) is 22.9 Å². The summed E-state index contributed by atoms with van der Waals surface area (Å²) in [6, 6.07) is 8.72. The Labute approximate surface area is 187 Å². The summed E-state index contributed by atoms with van der Waals surface area (Å²) in [4.78, 5) is 28.8. The third-order valence-corrected chi connectivity index (χ3v) is 6.31. The number of pyridine rings is 1. The number of rotatable bonds is 8. The van der Waals surface area contributed by atoms with Crippen molar-refractivity contribution < 1.29 is 18.0 Å². The van der Waals surface area contributed by atoms with Gasteiger partial charge in [0, 0.05) is 18.4 Å². The molecular formula is C22H27N5O4S. The lowest BCUT2D eigenvalue weighted by Crippen LogP contribution is -2.39. The average molecular weight is 458 g/mol. The van der Waals surface area contributed by atoms with Crippen LogP contribution in [0, 0.1) is 13.8 Å². The van der Waals surface area contributed by atoms with Crippen LogP contribution in [0.1, 0.15) is 36.7 Å². The Morgan fingerprint density at radius 3 is 2.50 bits per heavy atom. The molecule has 10 heteroatoms. The number of urea groups is 1. The van der Waals surface area contributed by atoms with Crippen LogP contribution in [0.5, 0.6) is 0 Å². The van der Waals surface area contributed by atoms with Crippen LogP contribution in [0.25, 0.3) is 5.65 Å². The largest absolute Gasteiger partial charge is 0.337 e. The lowest BCUT2D eigenvalue weighted by atomic mass is 10.2. The molecular weight excluding hydrogens is 430 g/mol. The highest BCUT2D eigenvalue weighted by Gasteiger charge is 2.18. The Morgan fingerprint density at radius 1 is 1.09 bits per heavy atom. The van der Waals surface area contributed by atoms with Crippen LogP contribution in [0.15, 0.2) is 47.5 Å². The first-order chi connectivity index (χ1) is 15.2. The molecule has 0 saturated heterocycles. The monoisotopic (exact) mass is 457 g/mol. The fourth-order valence-corrected chi connectivity index (χ4v) is 4.18. The van der Waals surface area contributed by atoms with Gasteiger partial charge >= 0.3 is 6.03 Å². The standard InChI is InChI=1S/C22H27N5O4S/c1-4-5-12-23-22(29)26-32(30,31)18-10-8-17(9-11-18)25-20(28)14-19-16(3)24-21-15(2)7-6-13-27(19)21/h6-11,13H,4-5,12,14H2,1-3H3,(H,25,28)(H2,23,26,29). The molecule has 9 nitrogen and oxygen atoms in total. The van der Waals surface area contributed by atoms with Gasteiger partial charge in [0.05, 0.1) is 22.7 Å². The molecule has 0 spiro atoms. The number of nitrogens with one attached hydrogen (secondary N) is 3. The summed E-state index contributed by atoms with van der Waals surface area (Å²) in [7, 11) is -4.00. The average Bonchev–Trinajstić information content (AvgIpc) is 3.05. The maximum atomic E-state index is 12.6. The van der Waals surface area contributed by atoms with E-state index in [0.717, 1.165) is 35.4 Å². The Bertz CT molecular complexity index is 1230. The number of sulfonamides is 1. The maximum absolute atomic E-state index is 12.6. The van der Waals surface area contributed by atoms with Crippen molar-refractivity contribution in [1.29, 1.82) is 0 Å². The first-order valence-electron chi connectivity index (χ1n) is 10.3. The second-order valence-electron chi connectivity index (χ2n) is 7.49. The summed E-state index contributed by atoms with van der Waals surface area (Å²) in [5, 5.41) is 5.26. The van der Waals surface area contributed by atoms with Crippen LogP contribution in [0.3, 0.4) is 0 Å². The molecule has 1 aromatic carbocycles. The molecule has 0 fully saturated rings. The SMILES string of the molecule is CCCCNC(=O)NS(=O)(=O)c1ccc(NC(=O)Cc2c(C)nc3c(C)cccn23)cc1. The van der Waals surface area contributed by atoms with E-state index >= 15 is 0 Å². The highest BCUT2D eigenvalue weighted by molar-refractivity contribution is 7.90. The van der Waals surface area contributed by atoms with E-state index in [9.17, 15) is 18.0 Å². The van der Waals surface area contributed by atoms with Crippen molar-refractivity contribution in [2.24, 2.45) is 0 Å². The molecule has 0 bridgehead atoms. The Morgan fingerprint density at radius 2 is 1.81 bits per heavy atom. The quantitative estimate of drug-likeness (QED) is 0.449. The van der Waals surface area contributed by atoms with Crippen molar-refractivity contribution in [3.8, 4) is 0 Å². The van der Waals surface area contributed by atoms with E-state index in [1.165, 1.54) is 24.3 Å². The fourth-order valence-electron chi connectivity index (χ4n) is 3.25. The Kier molecular flexibility index (Phi) is 7.14. The maximum Gasteiger partial charge on any atom is 0.328 e. The van der Waals surface area contributed by atoms with E-state index in [1.54, 1.807) is 0 Å². The summed E-state index contributed by atoms with van der Waals surface area (Å²) in [6.45, 7) is 6.19. The van der Waals surface area contributed by atoms with E-state index in [2.05, 4.69) is 15.6 Å². The first kappa shape index (κ1) is 23.3. The van der Waals surface area contributed by atoms with Crippen molar-refractivity contribution in [3.05, 3.63) is 59.5 Å². The van der Waals surface area contributed by atoms with E-state index < -0.39 is 16.1 Å². The number of hydrogen-bond donors (Lipinski definition) is 3. The van der Waals surface area contributed by atoms with Gasteiger partial charge in [-0.2, -0.15) is 0 Å². The zero-order valence-corrected chi connectivity index (χ0v) is 19.1. The summed E-state index contributed by atoms with van der Waals surface area (Å²) < 4.78 is 28.6. The van der Waals surface area contributed by atoms with Gasteiger partial charge in [0.2, 0.25) is 5.91 Å². The first-order valence-corrected chi connectivity index (χ1v) is 11.8. The van der Waals surface area contributed by atoms with Crippen LogP contribution in [-0.2, 0) is 21.2 Å². The number of nitrogens with zero attached hydrogens (tertiary/aromatic N) is 2. The summed E-state index contributed by atoms with van der Waals surface area (Å²) in [5.74, 6) is -0.250. The van der Waals surface area contributed by atoms with Gasteiger partial charge in [0.1, 0.15) is 5.65 Å². The van der Waals surface area contributed by atoms with Crippen LogP contribution in [0.4, 0.5) is 10.5 Å². The molecule has 3 rings (SSSR count). The molecule has 2 aromatic heterocycles. The number of fused-ring (bicyclic) bond motifs is 1. The minimum atomic E-state index is -4.00. The van der Waals surface area contributed by atoms with E-state index in [1.807, 2.05) is 48.2 Å². The number of aryl methyl sites for hydroxylation is 2. The molecule has 0 atom stereocenters. The summed E-state index contributed by atoms with van der Waals surface area (Å²) >= 11 is 0. The lowest BCUT2D eigenvalue weighted by Gasteiger charge is -2.10. The van der Waals surface area contributed by atoms with Gasteiger partial charge in [0.15, 0.2) is 0 Å². The number of carbonyl (C=O) groups is 2. The van der Waals surface area contributed by atoms with E-state index in [-0.39, 0.29) is 17.2 Å². The molecule has 0 saturated carbocycles. The molecule has 0 aliphatic carbocycles. The summed E-state index contributed by atoms with van der Waals surface area (Å²) in [5.41, 5.74) is 3.85. The smallest absolute Gasteiger partial charge is 0.328 e. The molecule has 0 aliphatic heterocycles. The van der Waals surface area contributed by atoms with Crippen molar-refractivity contribution in [3.63, 3.8) is 0 Å². The Hall–Kier alpha value is -3.40. The molecule has 2 heterocycles. The van der Waals surface area contributed by atoms with Crippen molar-refractivity contribution in [2.45, 2.75) is 44.9 Å². The van der Waals surface area contributed by atoms with Gasteiger partial charge in [-0.15, -0.1) is 0 Å². The fraction of sp³-hybridized carbons (Fsp3) is 0.318. The number of aromatic nitrogens is 2. The molecule has 0 radical (unpaired) electrons. The molecule has 0 aliphatic rings. The van der Waals surface area contributed by atoms with Crippen LogP contribution in [0.2, 0.25) is 0 Å². The number of anilines is 1. The molecule has 3 amide bonds.